The van der Waals surface area contributed by atoms with Crippen LogP contribution < -0.4 is 0 Å². The third-order valence-corrected chi connectivity index (χ3v) is 8.54. The highest BCUT2D eigenvalue weighted by Gasteiger charge is 2.66. The Labute approximate surface area is 230 Å². The lowest BCUT2D eigenvalue weighted by Gasteiger charge is -2.36. The van der Waals surface area contributed by atoms with E-state index in [1.165, 1.54) is 0 Å². The molecule has 0 aromatic rings. The van der Waals surface area contributed by atoms with Gasteiger partial charge in [0.2, 0.25) is 12.2 Å². The molecule has 3 aliphatic heterocycles. The van der Waals surface area contributed by atoms with Crippen molar-refractivity contribution in [2.24, 2.45) is 23.2 Å². The average molecular weight is 583 g/mol. The Bertz CT molecular complexity index is 976. The van der Waals surface area contributed by atoms with Gasteiger partial charge in [-0.05, 0) is 44.9 Å². The van der Waals surface area contributed by atoms with Gasteiger partial charge in [-0.3, -0.25) is 9.59 Å². The highest BCUT2D eigenvalue weighted by molar-refractivity contribution is 5.84. The molecular formula is C27H38F4O9. The first kappa shape index (κ1) is 31.0. The second-order valence-corrected chi connectivity index (χ2v) is 12.3. The molecule has 3 saturated heterocycles. The molecule has 1 saturated carbocycles. The summed E-state index contributed by atoms with van der Waals surface area (Å²) in [5.74, 6) is -4.28. The van der Waals surface area contributed by atoms with Crippen LogP contribution in [-0.4, -0.2) is 72.9 Å². The molecule has 1 spiro atoms. The lowest BCUT2D eigenvalue weighted by molar-refractivity contribution is -0.254. The minimum Gasteiger partial charge on any atom is -0.454 e. The van der Waals surface area contributed by atoms with Crippen LogP contribution >= 0.6 is 0 Å². The topological polar surface area (TPSA) is 107 Å². The predicted octanol–water partition coefficient (Wildman–Crippen LogP) is 4.39. The van der Waals surface area contributed by atoms with E-state index in [2.05, 4.69) is 4.74 Å². The number of carbonyl (C=O) groups is 3. The highest BCUT2D eigenvalue weighted by Crippen LogP contribution is 2.49. The lowest BCUT2D eigenvalue weighted by Crippen LogP contribution is -2.45. The lowest BCUT2D eigenvalue weighted by atomic mass is 9.73. The standard InChI is InChI=1S/C27H38F4O9/c1-12(2)11-25(6,13(3)4)24(34)37-18-16-17(35-22(18)33)19-23(36-16)40-26(39-19)9-7-15(8-10-26)21(32)38-20(14(5)28)27(29,30)31/h12-20,23H,7-11H2,1-6H3. The molecule has 4 aliphatic rings. The molecule has 4 rings (SSSR count). The van der Waals surface area contributed by atoms with Gasteiger partial charge in [-0.2, -0.15) is 13.2 Å². The van der Waals surface area contributed by atoms with Crippen molar-refractivity contribution in [3.63, 3.8) is 0 Å². The molecule has 4 fully saturated rings. The number of hydrogen-bond acceptors (Lipinski definition) is 9. The van der Waals surface area contributed by atoms with Crippen molar-refractivity contribution in [2.75, 3.05) is 0 Å². The van der Waals surface area contributed by atoms with Crippen LogP contribution in [0.5, 0.6) is 0 Å². The quantitative estimate of drug-likeness (QED) is 0.234. The van der Waals surface area contributed by atoms with Gasteiger partial charge in [-0.1, -0.05) is 27.7 Å². The number of halogens is 4. The fraction of sp³-hybridized carbons (Fsp3) is 0.889. The van der Waals surface area contributed by atoms with Gasteiger partial charge in [0.15, 0.2) is 24.3 Å². The van der Waals surface area contributed by atoms with E-state index in [9.17, 15) is 31.9 Å². The smallest absolute Gasteiger partial charge is 0.428 e. The minimum atomic E-state index is -5.02. The van der Waals surface area contributed by atoms with E-state index < -0.39 is 84.2 Å². The maximum Gasteiger partial charge on any atom is 0.428 e. The summed E-state index contributed by atoms with van der Waals surface area (Å²) < 4.78 is 86.2. The maximum atomic E-state index is 13.4. The average Bonchev–Trinajstić information content (AvgIpc) is 3.44. The highest BCUT2D eigenvalue weighted by atomic mass is 19.4. The molecule has 0 aromatic heterocycles. The number of ether oxygens (including phenoxy) is 6. The van der Waals surface area contributed by atoms with Gasteiger partial charge >= 0.3 is 24.1 Å². The summed E-state index contributed by atoms with van der Waals surface area (Å²) in [4.78, 5) is 38.2. The Morgan fingerprint density at radius 1 is 1.02 bits per heavy atom. The second kappa shape index (κ2) is 11.0. The van der Waals surface area contributed by atoms with E-state index in [0.717, 1.165) is 0 Å². The largest absolute Gasteiger partial charge is 0.454 e. The first-order valence-electron chi connectivity index (χ1n) is 13.8. The minimum absolute atomic E-state index is 0.0434. The van der Waals surface area contributed by atoms with Crippen molar-refractivity contribution in [2.45, 2.75) is 129 Å². The van der Waals surface area contributed by atoms with Crippen LogP contribution in [0.3, 0.4) is 0 Å². The molecule has 9 nitrogen and oxygen atoms in total. The Kier molecular flexibility index (Phi) is 8.52. The first-order chi connectivity index (χ1) is 18.5. The van der Waals surface area contributed by atoms with E-state index in [1.807, 2.05) is 34.6 Å². The fourth-order valence-corrected chi connectivity index (χ4v) is 6.01. The van der Waals surface area contributed by atoms with Gasteiger partial charge in [-0.25, -0.2) is 9.18 Å². The summed E-state index contributed by atoms with van der Waals surface area (Å²) in [6, 6.07) is 0. The third kappa shape index (κ3) is 5.83. The van der Waals surface area contributed by atoms with Crippen LogP contribution in [0.25, 0.3) is 0 Å². The number of esters is 3. The summed E-state index contributed by atoms with van der Waals surface area (Å²) >= 11 is 0. The van der Waals surface area contributed by atoms with Gasteiger partial charge in [0.1, 0.15) is 12.3 Å². The summed E-state index contributed by atoms with van der Waals surface area (Å²) in [5, 5.41) is 0. The number of alkyl halides is 4. The fourth-order valence-electron chi connectivity index (χ4n) is 6.01. The maximum absolute atomic E-state index is 13.4. The van der Waals surface area contributed by atoms with Crippen LogP contribution in [0.4, 0.5) is 17.6 Å². The van der Waals surface area contributed by atoms with Gasteiger partial charge in [0.05, 0.1) is 11.3 Å². The van der Waals surface area contributed by atoms with Crippen molar-refractivity contribution < 1.29 is 60.4 Å². The first-order valence-corrected chi connectivity index (χ1v) is 13.8. The van der Waals surface area contributed by atoms with Crippen LogP contribution in [0.15, 0.2) is 0 Å². The molecule has 0 N–H and O–H groups in total. The van der Waals surface area contributed by atoms with Gasteiger partial charge in [-0.15, -0.1) is 0 Å². The van der Waals surface area contributed by atoms with Gasteiger partial charge < -0.3 is 28.4 Å². The number of hydrogen-bond donors (Lipinski definition) is 0. The summed E-state index contributed by atoms with van der Waals surface area (Å²) in [7, 11) is 0. The zero-order chi connectivity index (χ0) is 29.8. The van der Waals surface area contributed by atoms with E-state index in [4.69, 9.17) is 23.7 Å². The van der Waals surface area contributed by atoms with Crippen molar-refractivity contribution in [1.82, 2.24) is 0 Å². The molecule has 8 unspecified atom stereocenters. The molecule has 8 atom stereocenters. The summed E-state index contributed by atoms with van der Waals surface area (Å²) in [5.41, 5.74) is -0.819. The molecule has 13 heteroatoms. The molecule has 0 amide bonds. The van der Waals surface area contributed by atoms with Crippen LogP contribution in [-0.2, 0) is 42.8 Å². The van der Waals surface area contributed by atoms with E-state index >= 15 is 0 Å². The zero-order valence-electron chi connectivity index (χ0n) is 23.5. The zero-order valence-corrected chi connectivity index (χ0v) is 23.5. The second-order valence-electron chi connectivity index (χ2n) is 12.3. The molecule has 0 aromatic carbocycles. The van der Waals surface area contributed by atoms with Crippen molar-refractivity contribution >= 4 is 17.9 Å². The van der Waals surface area contributed by atoms with Crippen LogP contribution in [0.2, 0.25) is 0 Å². The molecular weight excluding hydrogens is 544 g/mol. The summed E-state index contributed by atoms with van der Waals surface area (Å²) in [6.07, 6.45) is -14.1. The Morgan fingerprint density at radius 2 is 1.65 bits per heavy atom. The Morgan fingerprint density at radius 3 is 2.17 bits per heavy atom. The molecule has 0 bridgehead atoms. The number of carbonyl (C=O) groups excluding carboxylic acids is 3. The van der Waals surface area contributed by atoms with E-state index in [1.54, 1.807) is 0 Å². The Balaban J connectivity index is 1.35. The monoisotopic (exact) mass is 582 g/mol. The van der Waals surface area contributed by atoms with Crippen LogP contribution in [0.1, 0.15) is 73.6 Å². The van der Waals surface area contributed by atoms with Crippen molar-refractivity contribution in [1.29, 1.82) is 0 Å². The van der Waals surface area contributed by atoms with E-state index in [0.29, 0.717) is 13.3 Å². The third-order valence-electron chi connectivity index (χ3n) is 8.54. The van der Waals surface area contributed by atoms with Crippen LogP contribution in [0, 0.1) is 23.2 Å². The molecule has 3 heterocycles. The SMILES string of the molecule is CC(C)CC(C)(C(=O)OC1C(=O)OC2C3OC4(CCC(C(=O)OC(C(C)F)C(F)(F)F)CC4)OC3OC12)C(C)C. The van der Waals surface area contributed by atoms with Gasteiger partial charge in [0.25, 0.3) is 0 Å². The molecule has 0 radical (unpaired) electrons. The molecule has 228 valence electrons. The molecule has 40 heavy (non-hydrogen) atoms. The number of fused-ring (bicyclic) bond motifs is 3. The van der Waals surface area contributed by atoms with Crippen molar-refractivity contribution in [3.8, 4) is 0 Å². The van der Waals surface area contributed by atoms with Gasteiger partial charge in [0, 0.05) is 12.8 Å². The van der Waals surface area contributed by atoms with Crippen molar-refractivity contribution in [3.05, 3.63) is 0 Å². The van der Waals surface area contributed by atoms with E-state index in [-0.39, 0.29) is 37.5 Å². The number of rotatable bonds is 8. The summed E-state index contributed by atoms with van der Waals surface area (Å²) in [6.45, 7) is 10.3. The predicted molar refractivity (Wildman–Crippen MR) is 128 cm³/mol. The Hall–Kier alpha value is -1.99. The molecule has 1 aliphatic carbocycles. The normalized spacial score (nSPS) is 36.6.